The maximum Gasteiger partial charge on any atom is 0.160 e. The van der Waals surface area contributed by atoms with Gasteiger partial charge in [0.1, 0.15) is 5.82 Å². The first-order valence-corrected chi connectivity index (χ1v) is 6.56. The molecule has 0 unspecified atom stereocenters. The van der Waals surface area contributed by atoms with Crippen molar-refractivity contribution in [3.05, 3.63) is 52.6 Å². The largest absolute Gasteiger partial charge is 0.379 e. The zero-order valence-electron chi connectivity index (χ0n) is 12.2. The summed E-state index contributed by atoms with van der Waals surface area (Å²) in [6.07, 6.45) is 2.02. The standard InChI is InChI=1S/C16H19FN2O/c1-10-11(2)19(4)9-16(10)18-8-13-5-6-14(17)7-15(13)12(3)20/h5-7,9,18H,8H2,1-4H3. The minimum absolute atomic E-state index is 0.123. The molecule has 106 valence electrons. The third-order valence-corrected chi connectivity index (χ3v) is 3.72. The number of rotatable bonds is 4. The minimum Gasteiger partial charge on any atom is -0.379 e. The zero-order chi connectivity index (χ0) is 14.9. The predicted octanol–water partition coefficient (Wildman–Crippen LogP) is 3.60. The van der Waals surface area contributed by atoms with Crippen LogP contribution in [0.15, 0.2) is 24.4 Å². The van der Waals surface area contributed by atoms with Gasteiger partial charge >= 0.3 is 0 Å². The molecular weight excluding hydrogens is 255 g/mol. The number of hydrogen-bond acceptors (Lipinski definition) is 2. The number of benzene rings is 1. The van der Waals surface area contributed by atoms with Crippen molar-refractivity contribution < 1.29 is 9.18 Å². The highest BCUT2D eigenvalue weighted by Gasteiger charge is 2.10. The van der Waals surface area contributed by atoms with Gasteiger partial charge in [0.2, 0.25) is 0 Å². The fraction of sp³-hybridized carbons (Fsp3) is 0.312. The number of carbonyl (C=O) groups is 1. The Labute approximate surface area is 118 Å². The van der Waals surface area contributed by atoms with Crippen LogP contribution in [-0.4, -0.2) is 10.4 Å². The third kappa shape index (κ3) is 2.74. The van der Waals surface area contributed by atoms with Crippen molar-refractivity contribution in [1.29, 1.82) is 0 Å². The molecule has 2 rings (SSSR count). The lowest BCUT2D eigenvalue weighted by molar-refractivity contribution is 0.101. The van der Waals surface area contributed by atoms with Crippen molar-refractivity contribution >= 4 is 11.5 Å². The zero-order valence-corrected chi connectivity index (χ0v) is 12.2. The molecule has 4 heteroatoms. The van der Waals surface area contributed by atoms with E-state index in [2.05, 4.69) is 12.2 Å². The summed E-state index contributed by atoms with van der Waals surface area (Å²) in [6.45, 7) is 6.06. The first kappa shape index (κ1) is 14.3. The first-order valence-electron chi connectivity index (χ1n) is 6.56. The summed E-state index contributed by atoms with van der Waals surface area (Å²) in [5.41, 5.74) is 4.64. The summed E-state index contributed by atoms with van der Waals surface area (Å²) < 4.78 is 15.3. The van der Waals surface area contributed by atoms with E-state index < -0.39 is 0 Å². The molecular formula is C16H19FN2O. The molecule has 0 saturated heterocycles. The number of hydrogen-bond donors (Lipinski definition) is 1. The second-order valence-electron chi connectivity index (χ2n) is 5.08. The Morgan fingerprint density at radius 2 is 2.05 bits per heavy atom. The molecule has 1 aromatic heterocycles. The van der Waals surface area contributed by atoms with E-state index in [4.69, 9.17) is 0 Å². The van der Waals surface area contributed by atoms with Gasteiger partial charge in [-0.15, -0.1) is 0 Å². The van der Waals surface area contributed by atoms with Crippen molar-refractivity contribution in [3.8, 4) is 0 Å². The van der Waals surface area contributed by atoms with E-state index in [1.165, 1.54) is 30.3 Å². The number of nitrogens with one attached hydrogen (secondary N) is 1. The maximum atomic E-state index is 13.2. The third-order valence-electron chi connectivity index (χ3n) is 3.72. The number of halogens is 1. The van der Waals surface area contributed by atoms with Gasteiger partial charge in [-0.2, -0.15) is 0 Å². The quantitative estimate of drug-likeness (QED) is 0.864. The van der Waals surface area contributed by atoms with Crippen LogP contribution in [0.3, 0.4) is 0 Å². The number of ketones is 1. The van der Waals surface area contributed by atoms with Crippen LogP contribution in [0.2, 0.25) is 0 Å². The van der Waals surface area contributed by atoms with Gasteiger partial charge in [0, 0.05) is 31.0 Å². The van der Waals surface area contributed by atoms with Crippen molar-refractivity contribution in [2.45, 2.75) is 27.3 Å². The lowest BCUT2D eigenvalue weighted by Crippen LogP contribution is -2.06. The highest BCUT2D eigenvalue weighted by molar-refractivity contribution is 5.95. The molecule has 2 aromatic rings. The molecule has 20 heavy (non-hydrogen) atoms. The van der Waals surface area contributed by atoms with Crippen LogP contribution in [0.1, 0.15) is 34.1 Å². The molecule has 0 aliphatic rings. The van der Waals surface area contributed by atoms with Gasteiger partial charge in [-0.05, 0) is 44.0 Å². The Morgan fingerprint density at radius 1 is 1.35 bits per heavy atom. The van der Waals surface area contributed by atoms with Gasteiger partial charge in [0.15, 0.2) is 5.78 Å². The lowest BCUT2D eigenvalue weighted by Gasteiger charge is -2.09. The molecule has 0 atom stereocenters. The van der Waals surface area contributed by atoms with Crippen LogP contribution < -0.4 is 5.32 Å². The monoisotopic (exact) mass is 274 g/mol. The number of anilines is 1. The highest BCUT2D eigenvalue weighted by atomic mass is 19.1. The van der Waals surface area contributed by atoms with Crippen LogP contribution in [-0.2, 0) is 13.6 Å². The Hall–Kier alpha value is -2.10. The molecule has 1 N–H and O–H groups in total. The summed E-state index contributed by atoms with van der Waals surface area (Å²) in [5, 5.41) is 3.31. The van der Waals surface area contributed by atoms with Gasteiger partial charge in [-0.25, -0.2) is 4.39 Å². The molecule has 0 aliphatic heterocycles. The molecule has 0 saturated carbocycles. The second kappa shape index (κ2) is 5.49. The van der Waals surface area contributed by atoms with Crippen LogP contribution in [0, 0.1) is 19.7 Å². The Bertz CT molecular complexity index is 659. The van der Waals surface area contributed by atoms with Crippen molar-refractivity contribution in [2.24, 2.45) is 7.05 Å². The average molecular weight is 274 g/mol. The minimum atomic E-state index is -0.384. The topological polar surface area (TPSA) is 34.0 Å². The van der Waals surface area contributed by atoms with Crippen LogP contribution in [0.5, 0.6) is 0 Å². The van der Waals surface area contributed by atoms with E-state index in [-0.39, 0.29) is 11.6 Å². The summed E-state index contributed by atoms with van der Waals surface area (Å²) in [5.74, 6) is -0.507. The molecule has 1 heterocycles. The van der Waals surface area contributed by atoms with Gasteiger partial charge < -0.3 is 9.88 Å². The van der Waals surface area contributed by atoms with Crippen molar-refractivity contribution in [2.75, 3.05) is 5.32 Å². The van der Waals surface area contributed by atoms with E-state index in [1.807, 2.05) is 24.7 Å². The van der Waals surface area contributed by atoms with Crippen LogP contribution >= 0.6 is 0 Å². The number of aryl methyl sites for hydroxylation is 1. The molecule has 0 aliphatic carbocycles. The van der Waals surface area contributed by atoms with E-state index in [9.17, 15) is 9.18 Å². The number of nitrogens with zero attached hydrogens (tertiary/aromatic N) is 1. The number of Topliss-reactive ketones (excluding diaryl/α,β-unsaturated/α-hetero) is 1. The Balaban J connectivity index is 2.23. The van der Waals surface area contributed by atoms with Gasteiger partial charge in [-0.3, -0.25) is 4.79 Å². The Kier molecular flexibility index (Phi) is 3.93. The summed E-state index contributed by atoms with van der Waals surface area (Å²) in [4.78, 5) is 11.6. The Morgan fingerprint density at radius 3 is 2.60 bits per heavy atom. The summed E-state index contributed by atoms with van der Waals surface area (Å²) >= 11 is 0. The van der Waals surface area contributed by atoms with Crippen molar-refractivity contribution in [1.82, 2.24) is 4.57 Å². The molecule has 0 radical (unpaired) electrons. The van der Waals surface area contributed by atoms with E-state index in [0.29, 0.717) is 12.1 Å². The van der Waals surface area contributed by atoms with Crippen molar-refractivity contribution in [3.63, 3.8) is 0 Å². The van der Waals surface area contributed by atoms with Gasteiger partial charge in [-0.1, -0.05) is 6.07 Å². The molecule has 0 amide bonds. The predicted molar refractivity (Wildman–Crippen MR) is 78.6 cm³/mol. The molecule has 1 aromatic carbocycles. The fourth-order valence-corrected chi connectivity index (χ4v) is 2.25. The fourth-order valence-electron chi connectivity index (χ4n) is 2.25. The number of aromatic nitrogens is 1. The van der Waals surface area contributed by atoms with Crippen LogP contribution in [0.25, 0.3) is 0 Å². The molecule has 0 spiro atoms. The second-order valence-corrected chi connectivity index (χ2v) is 5.08. The van der Waals surface area contributed by atoms with Gasteiger partial charge in [0.05, 0.1) is 5.69 Å². The molecule has 0 bridgehead atoms. The highest BCUT2D eigenvalue weighted by Crippen LogP contribution is 2.21. The number of carbonyl (C=O) groups excluding carboxylic acids is 1. The normalized spacial score (nSPS) is 10.7. The van der Waals surface area contributed by atoms with Gasteiger partial charge in [0.25, 0.3) is 0 Å². The summed E-state index contributed by atoms with van der Waals surface area (Å²) in [6, 6.07) is 4.33. The molecule has 0 fully saturated rings. The van der Waals surface area contributed by atoms with E-state index in [0.717, 1.165) is 11.3 Å². The SMILES string of the molecule is CC(=O)c1cc(F)ccc1CNc1cn(C)c(C)c1C. The van der Waals surface area contributed by atoms with E-state index in [1.54, 1.807) is 6.07 Å². The van der Waals surface area contributed by atoms with E-state index >= 15 is 0 Å². The lowest BCUT2D eigenvalue weighted by atomic mass is 10.0. The maximum absolute atomic E-state index is 13.2. The average Bonchev–Trinajstić information content (AvgIpc) is 2.64. The molecule has 3 nitrogen and oxygen atoms in total. The summed E-state index contributed by atoms with van der Waals surface area (Å²) in [7, 11) is 1.99. The smallest absolute Gasteiger partial charge is 0.160 e. The van der Waals surface area contributed by atoms with Crippen LogP contribution in [0.4, 0.5) is 10.1 Å². The first-order chi connectivity index (χ1) is 9.40.